The number of carbonyl (C=O) groups is 1. The van der Waals surface area contributed by atoms with E-state index in [-0.39, 0.29) is 17.8 Å². The smallest absolute Gasteiger partial charge is 0.165 e. The Kier molecular flexibility index (Phi) is 7.03. The van der Waals surface area contributed by atoms with E-state index in [1.54, 1.807) is 0 Å². The summed E-state index contributed by atoms with van der Waals surface area (Å²) in [5, 5.41) is 0. The van der Waals surface area contributed by atoms with Gasteiger partial charge in [0, 0.05) is 12.0 Å². The van der Waals surface area contributed by atoms with Crippen molar-refractivity contribution < 1.29 is 4.79 Å². The first-order valence-electron chi connectivity index (χ1n) is 6.38. The summed E-state index contributed by atoms with van der Waals surface area (Å²) in [5.74, 6) is 0.386. The summed E-state index contributed by atoms with van der Waals surface area (Å²) >= 11 is 0. The number of rotatable bonds is 5. The molecule has 2 nitrogen and oxygen atoms in total. The summed E-state index contributed by atoms with van der Waals surface area (Å²) in [4.78, 5) is 14.4. The highest BCUT2D eigenvalue weighted by Gasteiger charge is 2.40. The Morgan fingerprint density at radius 2 is 2.06 bits per heavy atom. The molecule has 0 aliphatic heterocycles. The first-order valence-corrected chi connectivity index (χ1v) is 6.38. The number of unbranched alkanes of at least 4 members (excludes halogenated alkanes) is 2. The van der Waals surface area contributed by atoms with Crippen LogP contribution in [0.15, 0.2) is 11.6 Å². The first-order chi connectivity index (χ1) is 7.49. The molecule has 0 N–H and O–H groups in total. The van der Waals surface area contributed by atoms with Crippen LogP contribution in [0.5, 0.6) is 0 Å². The lowest BCUT2D eigenvalue weighted by molar-refractivity contribution is -0.122. The van der Waals surface area contributed by atoms with Crippen LogP contribution in [-0.2, 0) is 4.79 Å². The van der Waals surface area contributed by atoms with E-state index in [9.17, 15) is 4.79 Å². The summed E-state index contributed by atoms with van der Waals surface area (Å²) in [6.45, 7) is 5.16. The van der Waals surface area contributed by atoms with Crippen molar-refractivity contribution in [2.75, 3.05) is 20.6 Å². The highest BCUT2D eigenvalue weighted by atomic mass is 35.5. The summed E-state index contributed by atoms with van der Waals surface area (Å²) in [6.07, 6.45) is 7.63. The second-order valence-electron chi connectivity index (χ2n) is 5.50. The van der Waals surface area contributed by atoms with Crippen LogP contribution >= 0.6 is 12.4 Å². The molecule has 1 fully saturated rings. The molecular weight excluding hydrogens is 234 g/mol. The number of ketones is 1. The Hall–Kier alpha value is -0.340. The molecule has 0 aromatic carbocycles. The van der Waals surface area contributed by atoms with Crippen molar-refractivity contribution in [3.63, 3.8) is 0 Å². The molecule has 0 aromatic rings. The fourth-order valence-electron chi connectivity index (χ4n) is 2.55. The summed E-state index contributed by atoms with van der Waals surface area (Å²) in [6, 6.07) is 0. The maximum atomic E-state index is 12.3. The number of nitrogens with zero attached hydrogens (tertiary/aromatic N) is 1. The van der Waals surface area contributed by atoms with Crippen molar-refractivity contribution >= 4 is 18.2 Å². The molecule has 1 aliphatic carbocycles. The lowest BCUT2D eigenvalue weighted by atomic mass is 9.86. The zero-order valence-electron chi connectivity index (χ0n) is 11.6. The van der Waals surface area contributed by atoms with Gasteiger partial charge in [0.1, 0.15) is 0 Å². The van der Waals surface area contributed by atoms with Crippen LogP contribution in [0.3, 0.4) is 0 Å². The predicted molar refractivity (Wildman–Crippen MR) is 75.8 cm³/mol. The molecule has 0 spiro atoms. The van der Waals surface area contributed by atoms with Gasteiger partial charge in [0.15, 0.2) is 5.78 Å². The maximum Gasteiger partial charge on any atom is 0.165 e. The third kappa shape index (κ3) is 4.44. The van der Waals surface area contributed by atoms with Crippen LogP contribution in [0.25, 0.3) is 0 Å². The van der Waals surface area contributed by atoms with Gasteiger partial charge in [0.2, 0.25) is 0 Å². The third-order valence-electron chi connectivity index (χ3n) is 3.40. The maximum absolute atomic E-state index is 12.3. The second-order valence-corrected chi connectivity index (χ2v) is 5.50. The molecule has 0 heterocycles. The fraction of sp³-hybridized carbons (Fsp3) is 0.786. The van der Waals surface area contributed by atoms with Crippen molar-refractivity contribution in [1.82, 2.24) is 4.90 Å². The third-order valence-corrected chi connectivity index (χ3v) is 3.40. The minimum Gasteiger partial charge on any atom is -0.308 e. The lowest BCUT2D eigenvalue weighted by Crippen LogP contribution is -2.34. The molecule has 100 valence electrons. The molecule has 0 saturated heterocycles. The zero-order chi connectivity index (χ0) is 12.2. The molecule has 17 heavy (non-hydrogen) atoms. The van der Waals surface area contributed by atoms with E-state index in [1.165, 1.54) is 12.8 Å². The monoisotopic (exact) mass is 259 g/mol. The van der Waals surface area contributed by atoms with Gasteiger partial charge in [-0.25, -0.2) is 0 Å². The van der Waals surface area contributed by atoms with Crippen molar-refractivity contribution in [3.8, 4) is 0 Å². The largest absolute Gasteiger partial charge is 0.308 e. The van der Waals surface area contributed by atoms with Gasteiger partial charge in [-0.3, -0.25) is 4.79 Å². The Morgan fingerprint density at radius 1 is 1.41 bits per heavy atom. The quantitative estimate of drug-likeness (QED) is 0.557. The molecule has 3 heteroatoms. The fourth-order valence-corrected chi connectivity index (χ4v) is 2.55. The normalized spacial score (nSPS) is 26.6. The minimum absolute atomic E-state index is 0. The van der Waals surface area contributed by atoms with Crippen molar-refractivity contribution in [1.29, 1.82) is 0 Å². The van der Waals surface area contributed by atoms with Gasteiger partial charge in [0.05, 0.1) is 0 Å². The van der Waals surface area contributed by atoms with Crippen LogP contribution in [0.1, 0.15) is 46.0 Å². The molecule has 1 rings (SSSR count). The Morgan fingerprint density at radius 3 is 2.59 bits per heavy atom. The van der Waals surface area contributed by atoms with Crippen LogP contribution in [0.4, 0.5) is 0 Å². The lowest BCUT2D eigenvalue weighted by Gasteiger charge is -2.25. The van der Waals surface area contributed by atoms with E-state index in [4.69, 9.17) is 0 Å². The minimum atomic E-state index is -0.137. The number of Topliss-reactive ketones (excluding diaryl/α,β-unsaturated/α-hetero) is 1. The molecule has 1 saturated carbocycles. The number of hydrogen-bond acceptors (Lipinski definition) is 2. The zero-order valence-corrected chi connectivity index (χ0v) is 12.4. The van der Waals surface area contributed by atoms with E-state index in [2.05, 4.69) is 24.8 Å². The second kappa shape index (κ2) is 7.17. The molecule has 1 atom stereocenters. The van der Waals surface area contributed by atoms with E-state index in [1.807, 2.05) is 14.1 Å². The molecule has 0 amide bonds. The number of carbonyl (C=O) groups excluding carboxylic acids is 1. The molecule has 0 radical (unpaired) electrons. The highest BCUT2D eigenvalue weighted by molar-refractivity contribution is 6.02. The van der Waals surface area contributed by atoms with Crippen LogP contribution in [0, 0.1) is 5.41 Å². The molecule has 0 aromatic heterocycles. The van der Waals surface area contributed by atoms with Gasteiger partial charge in [-0.1, -0.05) is 32.8 Å². The molecule has 1 aliphatic rings. The highest BCUT2D eigenvalue weighted by Crippen LogP contribution is 2.38. The van der Waals surface area contributed by atoms with E-state index < -0.39 is 0 Å². The van der Waals surface area contributed by atoms with Gasteiger partial charge >= 0.3 is 0 Å². The van der Waals surface area contributed by atoms with Crippen LogP contribution in [-0.4, -0.2) is 31.3 Å². The van der Waals surface area contributed by atoms with Gasteiger partial charge in [-0.15, -0.1) is 12.4 Å². The van der Waals surface area contributed by atoms with E-state index in [0.29, 0.717) is 5.78 Å². The SMILES string of the molecule is CCCC/C=C1/CCC(C)(CN(C)C)C1=O.Cl. The Balaban J connectivity index is 0.00000256. The summed E-state index contributed by atoms with van der Waals surface area (Å²) < 4.78 is 0. The molecular formula is C14H26ClNO. The van der Waals surface area contributed by atoms with Crippen molar-refractivity contribution in [2.24, 2.45) is 5.41 Å². The van der Waals surface area contributed by atoms with E-state index in [0.717, 1.165) is 31.4 Å². The van der Waals surface area contributed by atoms with Gasteiger partial charge < -0.3 is 4.90 Å². The number of allylic oxidation sites excluding steroid dienone is 2. The van der Waals surface area contributed by atoms with Gasteiger partial charge in [0.25, 0.3) is 0 Å². The molecule has 1 unspecified atom stereocenters. The summed E-state index contributed by atoms with van der Waals surface area (Å²) in [5.41, 5.74) is 0.944. The number of halogens is 1. The standard InChI is InChI=1S/C14H25NO.ClH/c1-5-6-7-8-12-9-10-14(2,13(12)16)11-15(3)4;/h8H,5-7,9-11H2,1-4H3;1H/b12-8-;. The first kappa shape index (κ1) is 16.7. The average Bonchev–Trinajstić information content (AvgIpc) is 2.45. The Labute approximate surface area is 112 Å². The van der Waals surface area contributed by atoms with Crippen LogP contribution < -0.4 is 0 Å². The Bertz CT molecular complexity index is 286. The van der Waals surface area contributed by atoms with E-state index >= 15 is 0 Å². The van der Waals surface area contributed by atoms with Gasteiger partial charge in [-0.2, -0.15) is 0 Å². The predicted octanol–water partition coefficient (Wildman–Crippen LogP) is 3.46. The van der Waals surface area contributed by atoms with Crippen molar-refractivity contribution in [2.45, 2.75) is 46.0 Å². The summed E-state index contributed by atoms with van der Waals surface area (Å²) in [7, 11) is 4.08. The van der Waals surface area contributed by atoms with Gasteiger partial charge in [-0.05, 0) is 38.9 Å². The molecule has 0 bridgehead atoms. The van der Waals surface area contributed by atoms with Crippen LogP contribution in [0.2, 0.25) is 0 Å². The number of hydrogen-bond donors (Lipinski definition) is 0. The topological polar surface area (TPSA) is 20.3 Å². The van der Waals surface area contributed by atoms with Crippen molar-refractivity contribution in [3.05, 3.63) is 11.6 Å². The average molecular weight is 260 g/mol.